The molecule has 1 aliphatic heterocycles. The first kappa shape index (κ1) is 15.4. The van der Waals surface area contributed by atoms with Gasteiger partial charge in [-0.2, -0.15) is 0 Å². The second kappa shape index (κ2) is 8.48. The molecule has 1 aliphatic rings. The van der Waals surface area contributed by atoms with Crippen LogP contribution in [0.4, 0.5) is 0 Å². The molecule has 2 N–H and O–H groups in total. The first-order valence-corrected chi connectivity index (χ1v) is 7.25. The van der Waals surface area contributed by atoms with Crippen LogP contribution in [0, 0.1) is 5.92 Å². The standard InChI is InChI=1S/C14H28N2O2/c1-4-6-11(2)16-14(17)12(3)15-9-13-7-5-8-18-10-13/h11-13,15H,4-10H2,1-3H3,(H,16,17). The zero-order chi connectivity index (χ0) is 13.4. The highest BCUT2D eigenvalue weighted by atomic mass is 16.5. The predicted molar refractivity (Wildman–Crippen MR) is 73.5 cm³/mol. The Morgan fingerprint density at radius 1 is 1.44 bits per heavy atom. The number of amides is 1. The Morgan fingerprint density at radius 3 is 2.83 bits per heavy atom. The number of carbonyl (C=O) groups excluding carboxylic acids is 1. The van der Waals surface area contributed by atoms with E-state index in [-0.39, 0.29) is 18.0 Å². The number of hydrogen-bond acceptors (Lipinski definition) is 3. The molecule has 4 nitrogen and oxygen atoms in total. The molecule has 18 heavy (non-hydrogen) atoms. The molecule has 3 atom stereocenters. The van der Waals surface area contributed by atoms with Crippen molar-refractivity contribution in [2.75, 3.05) is 19.8 Å². The van der Waals surface area contributed by atoms with E-state index in [0.717, 1.165) is 39.0 Å². The Hall–Kier alpha value is -0.610. The number of nitrogens with one attached hydrogen (secondary N) is 2. The molecule has 4 heteroatoms. The van der Waals surface area contributed by atoms with Gasteiger partial charge in [0.05, 0.1) is 12.6 Å². The molecule has 1 saturated heterocycles. The highest BCUT2D eigenvalue weighted by Crippen LogP contribution is 2.12. The number of hydrogen-bond donors (Lipinski definition) is 2. The number of ether oxygens (including phenoxy) is 1. The van der Waals surface area contributed by atoms with Crippen molar-refractivity contribution in [3.05, 3.63) is 0 Å². The Kier molecular flexibility index (Phi) is 7.28. The summed E-state index contributed by atoms with van der Waals surface area (Å²) in [5.74, 6) is 0.662. The topological polar surface area (TPSA) is 50.4 Å². The molecular formula is C14H28N2O2. The summed E-state index contributed by atoms with van der Waals surface area (Å²) in [5.41, 5.74) is 0. The Balaban J connectivity index is 2.18. The maximum absolute atomic E-state index is 11.9. The molecule has 0 radical (unpaired) electrons. The third-order valence-electron chi connectivity index (χ3n) is 3.47. The van der Waals surface area contributed by atoms with Gasteiger partial charge in [0, 0.05) is 19.2 Å². The van der Waals surface area contributed by atoms with Gasteiger partial charge in [0.25, 0.3) is 0 Å². The van der Waals surface area contributed by atoms with Crippen LogP contribution >= 0.6 is 0 Å². The highest BCUT2D eigenvalue weighted by molar-refractivity contribution is 5.81. The molecule has 0 spiro atoms. The van der Waals surface area contributed by atoms with Crippen LogP contribution in [0.2, 0.25) is 0 Å². The van der Waals surface area contributed by atoms with Crippen LogP contribution in [0.3, 0.4) is 0 Å². The minimum atomic E-state index is -0.119. The van der Waals surface area contributed by atoms with Crippen LogP contribution in [0.1, 0.15) is 46.5 Å². The second-order valence-corrected chi connectivity index (χ2v) is 5.41. The lowest BCUT2D eigenvalue weighted by Crippen LogP contribution is -2.47. The van der Waals surface area contributed by atoms with Crippen LogP contribution < -0.4 is 10.6 Å². The first-order valence-electron chi connectivity index (χ1n) is 7.25. The molecule has 0 aromatic rings. The average molecular weight is 256 g/mol. The summed E-state index contributed by atoms with van der Waals surface area (Å²) in [6.45, 7) is 8.71. The van der Waals surface area contributed by atoms with Crippen LogP contribution in [-0.4, -0.2) is 37.7 Å². The SMILES string of the molecule is CCCC(C)NC(=O)C(C)NCC1CCCOC1. The largest absolute Gasteiger partial charge is 0.381 e. The van der Waals surface area contributed by atoms with Gasteiger partial charge >= 0.3 is 0 Å². The fraction of sp³-hybridized carbons (Fsp3) is 0.929. The van der Waals surface area contributed by atoms with E-state index in [1.807, 2.05) is 6.92 Å². The van der Waals surface area contributed by atoms with Crippen molar-refractivity contribution in [1.29, 1.82) is 0 Å². The normalized spacial score (nSPS) is 23.4. The zero-order valence-electron chi connectivity index (χ0n) is 12.0. The maximum Gasteiger partial charge on any atom is 0.237 e. The summed E-state index contributed by atoms with van der Waals surface area (Å²) < 4.78 is 5.43. The Bertz CT molecular complexity index is 240. The first-order chi connectivity index (χ1) is 8.63. The third kappa shape index (κ3) is 5.83. The second-order valence-electron chi connectivity index (χ2n) is 5.41. The van der Waals surface area contributed by atoms with E-state index in [2.05, 4.69) is 24.5 Å². The van der Waals surface area contributed by atoms with Gasteiger partial charge < -0.3 is 15.4 Å². The van der Waals surface area contributed by atoms with E-state index in [1.165, 1.54) is 6.42 Å². The summed E-state index contributed by atoms with van der Waals surface area (Å²) in [5, 5.41) is 6.34. The van der Waals surface area contributed by atoms with Crippen LogP contribution in [0.5, 0.6) is 0 Å². The molecule has 1 heterocycles. The minimum Gasteiger partial charge on any atom is -0.381 e. The molecule has 1 rings (SSSR count). The van der Waals surface area contributed by atoms with Crippen molar-refractivity contribution in [2.45, 2.75) is 58.5 Å². The van der Waals surface area contributed by atoms with Gasteiger partial charge in [-0.05, 0) is 39.0 Å². The van der Waals surface area contributed by atoms with Gasteiger partial charge in [-0.3, -0.25) is 4.79 Å². The van der Waals surface area contributed by atoms with Gasteiger partial charge in [0.1, 0.15) is 0 Å². The lowest BCUT2D eigenvalue weighted by molar-refractivity contribution is -0.123. The van der Waals surface area contributed by atoms with Crippen molar-refractivity contribution in [1.82, 2.24) is 10.6 Å². The van der Waals surface area contributed by atoms with E-state index in [9.17, 15) is 4.79 Å². The molecule has 0 bridgehead atoms. The average Bonchev–Trinajstić information content (AvgIpc) is 2.37. The summed E-state index contributed by atoms with van der Waals surface area (Å²) in [6.07, 6.45) is 4.48. The molecule has 0 aliphatic carbocycles. The quantitative estimate of drug-likeness (QED) is 0.729. The van der Waals surface area contributed by atoms with E-state index >= 15 is 0 Å². The Morgan fingerprint density at radius 2 is 2.22 bits per heavy atom. The van der Waals surface area contributed by atoms with Crippen molar-refractivity contribution >= 4 is 5.91 Å². The van der Waals surface area contributed by atoms with Gasteiger partial charge in [-0.1, -0.05) is 13.3 Å². The van der Waals surface area contributed by atoms with Crippen LogP contribution in [0.25, 0.3) is 0 Å². The summed E-state index contributed by atoms with van der Waals surface area (Å²) in [7, 11) is 0. The van der Waals surface area contributed by atoms with E-state index in [1.54, 1.807) is 0 Å². The minimum absolute atomic E-state index is 0.104. The predicted octanol–water partition coefficient (Wildman–Crippen LogP) is 1.70. The molecule has 3 unspecified atom stereocenters. The van der Waals surface area contributed by atoms with Gasteiger partial charge in [-0.25, -0.2) is 0 Å². The molecular weight excluding hydrogens is 228 g/mol. The molecule has 0 aromatic carbocycles. The summed E-state index contributed by atoms with van der Waals surface area (Å²) in [4.78, 5) is 11.9. The van der Waals surface area contributed by atoms with Gasteiger partial charge in [-0.15, -0.1) is 0 Å². The highest BCUT2D eigenvalue weighted by Gasteiger charge is 2.18. The van der Waals surface area contributed by atoms with Gasteiger partial charge in [0.15, 0.2) is 0 Å². The fourth-order valence-electron chi connectivity index (χ4n) is 2.28. The van der Waals surface area contributed by atoms with E-state index < -0.39 is 0 Å². The summed E-state index contributed by atoms with van der Waals surface area (Å²) >= 11 is 0. The number of carbonyl (C=O) groups is 1. The number of rotatable bonds is 7. The molecule has 1 fully saturated rings. The smallest absolute Gasteiger partial charge is 0.237 e. The van der Waals surface area contributed by atoms with E-state index in [0.29, 0.717) is 5.92 Å². The van der Waals surface area contributed by atoms with E-state index in [4.69, 9.17) is 4.74 Å². The molecule has 1 amide bonds. The third-order valence-corrected chi connectivity index (χ3v) is 3.47. The van der Waals surface area contributed by atoms with Crippen LogP contribution in [-0.2, 0) is 9.53 Å². The molecule has 0 saturated carbocycles. The molecule has 0 aromatic heterocycles. The fourth-order valence-corrected chi connectivity index (χ4v) is 2.28. The summed E-state index contributed by atoms with van der Waals surface area (Å²) in [6, 6.07) is 0.149. The lowest BCUT2D eigenvalue weighted by atomic mass is 10.0. The van der Waals surface area contributed by atoms with Crippen molar-refractivity contribution < 1.29 is 9.53 Å². The van der Waals surface area contributed by atoms with Crippen molar-refractivity contribution in [3.8, 4) is 0 Å². The van der Waals surface area contributed by atoms with Crippen molar-refractivity contribution in [2.24, 2.45) is 5.92 Å². The Labute approximate surface area is 111 Å². The van der Waals surface area contributed by atoms with Crippen LogP contribution in [0.15, 0.2) is 0 Å². The lowest BCUT2D eigenvalue weighted by Gasteiger charge is -2.24. The van der Waals surface area contributed by atoms with Gasteiger partial charge in [0.2, 0.25) is 5.91 Å². The van der Waals surface area contributed by atoms with Crippen molar-refractivity contribution in [3.63, 3.8) is 0 Å². The monoisotopic (exact) mass is 256 g/mol. The maximum atomic E-state index is 11.9. The zero-order valence-corrected chi connectivity index (χ0v) is 12.0. The molecule has 106 valence electrons.